The Hall–Kier alpha value is -1.10. The zero-order valence-corrected chi connectivity index (χ0v) is 13.1. The highest BCUT2D eigenvalue weighted by Crippen LogP contribution is 2.29. The van der Waals surface area contributed by atoms with Crippen LogP contribution in [0.2, 0.25) is 0 Å². The van der Waals surface area contributed by atoms with Gasteiger partial charge in [-0.2, -0.15) is 0 Å². The summed E-state index contributed by atoms with van der Waals surface area (Å²) in [6, 6.07) is 5.46. The van der Waals surface area contributed by atoms with Crippen molar-refractivity contribution < 1.29 is 4.92 Å². The first-order chi connectivity index (χ1) is 9.08. The summed E-state index contributed by atoms with van der Waals surface area (Å²) in [4.78, 5) is 10.7. The van der Waals surface area contributed by atoms with E-state index in [2.05, 4.69) is 35.1 Å². The standard InChI is InChI=1S/C14H21BrN2O2/c1-3-5-7-12(6-4-2)16-13-9-8-11(15)10-14(13)17(18)19/h8-10,12,16H,3-7H2,1-2H3. The van der Waals surface area contributed by atoms with E-state index in [1.54, 1.807) is 12.1 Å². The first kappa shape index (κ1) is 16.0. The van der Waals surface area contributed by atoms with E-state index in [-0.39, 0.29) is 10.6 Å². The largest absolute Gasteiger partial charge is 0.377 e. The minimum Gasteiger partial charge on any atom is -0.377 e. The number of benzene rings is 1. The van der Waals surface area contributed by atoms with Crippen LogP contribution in [-0.4, -0.2) is 11.0 Å². The van der Waals surface area contributed by atoms with Crippen molar-refractivity contribution >= 4 is 27.3 Å². The molecule has 1 unspecified atom stereocenters. The maximum absolute atomic E-state index is 11.1. The molecule has 1 aromatic rings. The fourth-order valence-corrected chi connectivity index (χ4v) is 2.43. The molecule has 0 saturated carbocycles. The van der Waals surface area contributed by atoms with Gasteiger partial charge in [0.25, 0.3) is 5.69 Å². The smallest absolute Gasteiger partial charge is 0.293 e. The number of anilines is 1. The van der Waals surface area contributed by atoms with Gasteiger partial charge in [-0.15, -0.1) is 0 Å². The van der Waals surface area contributed by atoms with Crippen LogP contribution >= 0.6 is 15.9 Å². The van der Waals surface area contributed by atoms with Crippen molar-refractivity contribution in [2.45, 2.75) is 52.0 Å². The summed E-state index contributed by atoms with van der Waals surface area (Å²) in [5, 5.41) is 14.4. The molecular formula is C14H21BrN2O2. The topological polar surface area (TPSA) is 55.2 Å². The van der Waals surface area contributed by atoms with Crippen molar-refractivity contribution in [3.8, 4) is 0 Å². The number of nitro benzene ring substituents is 1. The number of halogens is 1. The molecule has 0 aliphatic carbocycles. The van der Waals surface area contributed by atoms with Crippen LogP contribution in [0.4, 0.5) is 11.4 Å². The van der Waals surface area contributed by atoms with Crippen molar-refractivity contribution in [2.24, 2.45) is 0 Å². The predicted octanol–water partition coefficient (Wildman–Crippen LogP) is 5.13. The van der Waals surface area contributed by atoms with Crippen LogP contribution in [0.3, 0.4) is 0 Å². The lowest BCUT2D eigenvalue weighted by molar-refractivity contribution is -0.384. The van der Waals surface area contributed by atoms with E-state index in [1.165, 1.54) is 0 Å². The van der Waals surface area contributed by atoms with E-state index in [4.69, 9.17) is 0 Å². The lowest BCUT2D eigenvalue weighted by atomic mass is 10.0. The van der Waals surface area contributed by atoms with Crippen LogP contribution in [-0.2, 0) is 0 Å². The highest BCUT2D eigenvalue weighted by molar-refractivity contribution is 9.10. The number of nitro groups is 1. The third-order valence-corrected chi connectivity index (χ3v) is 3.55. The third-order valence-electron chi connectivity index (χ3n) is 3.06. The first-order valence-corrected chi connectivity index (χ1v) is 7.58. The highest BCUT2D eigenvalue weighted by Gasteiger charge is 2.17. The van der Waals surface area contributed by atoms with E-state index in [1.807, 2.05) is 6.07 Å². The molecular weight excluding hydrogens is 308 g/mol. The van der Waals surface area contributed by atoms with Crippen LogP contribution in [0.25, 0.3) is 0 Å². The van der Waals surface area contributed by atoms with Crippen LogP contribution in [0.1, 0.15) is 46.0 Å². The lowest BCUT2D eigenvalue weighted by Crippen LogP contribution is -2.19. The lowest BCUT2D eigenvalue weighted by Gasteiger charge is -2.19. The van der Waals surface area contributed by atoms with Gasteiger partial charge < -0.3 is 5.32 Å². The summed E-state index contributed by atoms with van der Waals surface area (Å²) in [5.41, 5.74) is 0.745. The van der Waals surface area contributed by atoms with Gasteiger partial charge in [0, 0.05) is 16.6 Å². The Labute approximate surface area is 122 Å². The SMILES string of the molecule is CCCCC(CCC)Nc1ccc(Br)cc1[N+](=O)[O-]. The van der Waals surface area contributed by atoms with Gasteiger partial charge in [-0.3, -0.25) is 10.1 Å². The summed E-state index contributed by atoms with van der Waals surface area (Å²) in [6.45, 7) is 4.29. The molecule has 19 heavy (non-hydrogen) atoms. The molecule has 0 aromatic heterocycles. The molecule has 1 atom stereocenters. The Morgan fingerprint density at radius 2 is 2.05 bits per heavy atom. The number of hydrogen-bond donors (Lipinski definition) is 1. The zero-order valence-electron chi connectivity index (χ0n) is 11.5. The van der Waals surface area contributed by atoms with Crippen LogP contribution < -0.4 is 5.32 Å². The van der Waals surface area contributed by atoms with E-state index in [0.29, 0.717) is 11.7 Å². The van der Waals surface area contributed by atoms with Gasteiger partial charge in [0.15, 0.2) is 0 Å². The molecule has 0 amide bonds. The van der Waals surface area contributed by atoms with E-state index in [9.17, 15) is 10.1 Å². The molecule has 0 fully saturated rings. The number of hydrogen-bond acceptors (Lipinski definition) is 3. The molecule has 0 spiro atoms. The number of nitrogens with zero attached hydrogens (tertiary/aromatic N) is 1. The molecule has 4 nitrogen and oxygen atoms in total. The fraction of sp³-hybridized carbons (Fsp3) is 0.571. The van der Waals surface area contributed by atoms with Gasteiger partial charge in [-0.1, -0.05) is 49.0 Å². The number of rotatable bonds is 8. The van der Waals surface area contributed by atoms with Crippen molar-refractivity contribution in [2.75, 3.05) is 5.32 Å². The Kier molecular flexibility index (Phi) is 6.84. The van der Waals surface area contributed by atoms with Gasteiger partial charge >= 0.3 is 0 Å². The van der Waals surface area contributed by atoms with Crippen molar-refractivity contribution in [3.05, 3.63) is 32.8 Å². The average Bonchev–Trinajstić information content (AvgIpc) is 2.38. The summed E-state index contributed by atoms with van der Waals surface area (Å²) in [7, 11) is 0. The van der Waals surface area contributed by atoms with Crippen LogP contribution in [0.5, 0.6) is 0 Å². The van der Waals surface area contributed by atoms with E-state index in [0.717, 1.165) is 36.6 Å². The normalized spacial score (nSPS) is 12.2. The second-order valence-electron chi connectivity index (χ2n) is 4.69. The van der Waals surface area contributed by atoms with Gasteiger partial charge in [0.2, 0.25) is 0 Å². The van der Waals surface area contributed by atoms with Gasteiger partial charge in [-0.05, 0) is 25.0 Å². The molecule has 1 rings (SSSR count). The maximum Gasteiger partial charge on any atom is 0.293 e. The number of unbranched alkanes of at least 4 members (excludes halogenated alkanes) is 1. The summed E-state index contributed by atoms with van der Waals surface area (Å²) < 4.78 is 0.727. The zero-order chi connectivity index (χ0) is 14.3. The Balaban J connectivity index is 2.85. The molecule has 0 bridgehead atoms. The minimum absolute atomic E-state index is 0.131. The quantitative estimate of drug-likeness (QED) is 0.531. The molecule has 0 aliphatic rings. The van der Waals surface area contributed by atoms with Gasteiger partial charge in [0.05, 0.1) is 4.92 Å². The summed E-state index contributed by atoms with van der Waals surface area (Å²) in [6.07, 6.45) is 5.45. The van der Waals surface area contributed by atoms with E-state index < -0.39 is 0 Å². The Morgan fingerprint density at radius 1 is 1.32 bits per heavy atom. The molecule has 106 valence electrons. The molecule has 0 saturated heterocycles. The van der Waals surface area contributed by atoms with Crippen LogP contribution in [0.15, 0.2) is 22.7 Å². The maximum atomic E-state index is 11.1. The van der Waals surface area contributed by atoms with Crippen molar-refractivity contribution in [1.82, 2.24) is 0 Å². The fourth-order valence-electron chi connectivity index (χ4n) is 2.09. The molecule has 1 N–H and O–H groups in total. The van der Waals surface area contributed by atoms with Gasteiger partial charge in [-0.25, -0.2) is 0 Å². The predicted molar refractivity (Wildman–Crippen MR) is 82.6 cm³/mol. The molecule has 0 heterocycles. The minimum atomic E-state index is -0.337. The van der Waals surface area contributed by atoms with Crippen LogP contribution in [0, 0.1) is 10.1 Å². The highest BCUT2D eigenvalue weighted by atomic mass is 79.9. The summed E-state index contributed by atoms with van der Waals surface area (Å²) >= 11 is 3.27. The second kappa shape index (κ2) is 8.15. The van der Waals surface area contributed by atoms with Crippen molar-refractivity contribution in [3.63, 3.8) is 0 Å². The first-order valence-electron chi connectivity index (χ1n) is 6.79. The monoisotopic (exact) mass is 328 g/mol. The molecule has 0 radical (unpaired) electrons. The van der Waals surface area contributed by atoms with E-state index >= 15 is 0 Å². The Morgan fingerprint density at radius 3 is 2.63 bits per heavy atom. The molecule has 0 aliphatic heterocycles. The molecule has 1 aromatic carbocycles. The summed E-state index contributed by atoms with van der Waals surface area (Å²) in [5.74, 6) is 0. The average molecular weight is 329 g/mol. The second-order valence-corrected chi connectivity index (χ2v) is 5.61. The molecule has 5 heteroatoms. The Bertz CT molecular complexity index is 424. The van der Waals surface area contributed by atoms with Crippen molar-refractivity contribution in [1.29, 1.82) is 0 Å². The third kappa shape index (κ3) is 5.19. The van der Waals surface area contributed by atoms with Gasteiger partial charge in [0.1, 0.15) is 5.69 Å². The number of nitrogens with one attached hydrogen (secondary N) is 1.